The zero-order valence-electron chi connectivity index (χ0n) is 13.6. The van der Waals surface area contributed by atoms with Crippen LogP contribution in [0.3, 0.4) is 0 Å². The van der Waals surface area contributed by atoms with Crippen LogP contribution in [0.5, 0.6) is 0 Å². The average Bonchev–Trinajstić information content (AvgIpc) is 3.09. The minimum absolute atomic E-state index is 0.670. The van der Waals surface area contributed by atoms with E-state index < -0.39 is 0 Å². The molecule has 0 spiro atoms. The minimum atomic E-state index is 0.670. The van der Waals surface area contributed by atoms with Crippen molar-refractivity contribution in [1.82, 2.24) is 15.0 Å². The fraction of sp³-hybridized carbons (Fsp3) is 0.529. The number of likely N-dealkylation sites (tertiary alicyclic amines) is 1. The van der Waals surface area contributed by atoms with Crippen molar-refractivity contribution in [2.75, 3.05) is 25.0 Å². The van der Waals surface area contributed by atoms with Crippen LogP contribution in [-0.4, -0.2) is 34.7 Å². The number of aryl methyl sites for hydroxylation is 3. The second kappa shape index (κ2) is 6.48. The molecule has 0 amide bonds. The lowest BCUT2D eigenvalue weighted by molar-refractivity contribution is 0.315. The Bertz CT molecular complexity index is 601. The summed E-state index contributed by atoms with van der Waals surface area (Å²) in [5.74, 6) is 2.58. The highest BCUT2D eigenvalue weighted by molar-refractivity contribution is 5.35. The number of nitrogens with zero attached hydrogens (tertiary/aromatic N) is 3. The van der Waals surface area contributed by atoms with Crippen molar-refractivity contribution < 1.29 is 4.52 Å². The Morgan fingerprint density at radius 2 is 2.18 bits per heavy atom. The molecule has 3 heterocycles. The van der Waals surface area contributed by atoms with Gasteiger partial charge in [0.2, 0.25) is 0 Å². The first kappa shape index (κ1) is 15.0. The second-order valence-electron chi connectivity index (χ2n) is 6.29. The van der Waals surface area contributed by atoms with Crippen molar-refractivity contribution in [3.05, 3.63) is 40.9 Å². The third-order valence-electron chi connectivity index (χ3n) is 4.42. The molecule has 5 heteroatoms. The van der Waals surface area contributed by atoms with Crippen LogP contribution in [0.1, 0.15) is 29.0 Å². The molecular weight excluding hydrogens is 276 g/mol. The quantitative estimate of drug-likeness (QED) is 0.920. The number of hydrogen-bond acceptors (Lipinski definition) is 5. The highest BCUT2D eigenvalue weighted by atomic mass is 16.5. The fourth-order valence-corrected chi connectivity index (χ4v) is 3.00. The SMILES string of the molecule is Cc1ccc(NC[C@@H]2CCN(Cc3c(C)noc3C)C2)nc1. The number of hydrogen-bond donors (Lipinski definition) is 1. The molecule has 5 nitrogen and oxygen atoms in total. The molecule has 118 valence electrons. The number of pyridine rings is 1. The van der Waals surface area contributed by atoms with Gasteiger partial charge in [0.1, 0.15) is 11.6 Å². The van der Waals surface area contributed by atoms with E-state index in [1.165, 1.54) is 17.5 Å². The Hall–Kier alpha value is -1.88. The Kier molecular flexibility index (Phi) is 4.43. The highest BCUT2D eigenvalue weighted by Gasteiger charge is 2.24. The van der Waals surface area contributed by atoms with E-state index in [0.717, 1.165) is 43.5 Å². The van der Waals surface area contributed by atoms with Crippen molar-refractivity contribution in [3.8, 4) is 0 Å². The molecule has 2 aromatic heterocycles. The Labute approximate surface area is 131 Å². The number of rotatable bonds is 5. The maximum absolute atomic E-state index is 5.25. The summed E-state index contributed by atoms with van der Waals surface area (Å²) in [6, 6.07) is 4.14. The number of nitrogens with one attached hydrogen (secondary N) is 1. The van der Waals surface area contributed by atoms with Gasteiger partial charge in [0.25, 0.3) is 0 Å². The molecule has 0 radical (unpaired) electrons. The Morgan fingerprint density at radius 3 is 2.86 bits per heavy atom. The van der Waals surface area contributed by atoms with Gasteiger partial charge in [0.15, 0.2) is 0 Å². The predicted molar refractivity (Wildman–Crippen MR) is 86.8 cm³/mol. The lowest BCUT2D eigenvalue weighted by Crippen LogP contribution is -2.23. The van der Waals surface area contributed by atoms with E-state index in [0.29, 0.717) is 5.92 Å². The Morgan fingerprint density at radius 1 is 1.32 bits per heavy atom. The van der Waals surface area contributed by atoms with E-state index >= 15 is 0 Å². The van der Waals surface area contributed by atoms with Gasteiger partial charge < -0.3 is 9.84 Å². The maximum Gasteiger partial charge on any atom is 0.138 e. The molecule has 0 bridgehead atoms. The first-order valence-electron chi connectivity index (χ1n) is 7.92. The number of aromatic nitrogens is 2. The molecule has 0 aliphatic carbocycles. The first-order valence-corrected chi connectivity index (χ1v) is 7.92. The van der Waals surface area contributed by atoms with Crippen LogP contribution < -0.4 is 5.32 Å². The number of anilines is 1. The molecule has 1 fully saturated rings. The summed E-state index contributed by atoms with van der Waals surface area (Å²) in [6.07, 6.45) is 3.13. The molecule has 3 rings (SSSR count). The largest absolute Gasteiger partial charge is 0.370 e. The van der Waals surface area contributed by atoms with Crippen molar-refractivity contribution >= 4 is 5.82 Å². The lowest BCUT2D eigenvalue weighted by Gasteiger charge is -2.16. The van der Waals surface area contributed by atoms with Crippen molar-refractivity contribution in [1.29, 1.82) is 0 Å². The van der Waals surface area contributed by atoms with Gasteiger partial charge in [-0.3, -0.25) is 4.90 Å². The predicted octanol–water partition coefficient (Wildman–Crippen LogP) is 2.93. The van der Waals surface area contributed by atoms with Gasteiger partial charge in [-0.25, -0.2) is 4.98 Å². The van der Waals surface area contributed by atoms with Crippen LogP contribution in [0.2, 0.25) is 0 Å². The molecule has 0 aromatic carbocycles. The summed E-state index contributed by atoms with van der Waals surface area (Å²) in [5.41, 5.74) is 3.45. The van der Waals surface area contributed by atoms with Gasteiger partial charge in [-0.05, 0) is 51.3 Å². The average molecular weight is 300 g/mol. The molecule has 2 aromatic rings. The van der Waals surface area contributed by atoms with Gasteiger partial charge in [-0.15, -0.1) is 0 Å². The van der Waals surface area contributed by atoms with Crippen molar-refractivity contribution in [3.63, 3.8) is 0 Å². The van der Waals surface area contributed by atoms with E-state index in [9.17, 15) is 0 Å². The molecule has 1 saturated heterocycles. The van der Waals surface area contributed by atoms with E-state index in [1.54, 1.807) is 0 Å². The second-order valence-corrected chi connectivity index (χ2v) is 6.29. The van der Waals surface area contributed by atoms with Crippen LogP contribution in [0.25, 0.3) is 0 Å². The van der Waals surface area contributed by atoms with Crippen LogP contribution in [0, 0.1) is 26.7 Å². The van der Waals surface area contributed by atoms with Crippen molar-refractivity contribution in [2.45, 2.75) is 33.7 Å². The molecule has 0 saturated carbocycles. The molecule has 1 N–H and O–H groups in total. The maximum atomic E-state index is 5.25. The van der Waals surface area contributed by atoms with Gasteiger partial charge in [0, 0.05) is 31.4 Å². The summed E-state index contributed by atoms with van der Waals surface area (Å²) in [6.45, 7) is 10.2. The normalized spacial score (nSPS) is 18.8. The van der Waals surface area contributed by atoms with Gasteiger partial charge >= 0.3 is 0 Å². The summed E-state index contributed by atoms with van der Waals surface area (Å²) < 4.78 is 5.25. The molecule has 22 heavy (non-hydrogen) atoms. The molecule has 1 atom stereocenters. The molecule has 1 aliphatic heterocycles. The monoisotopic (exact) mass is 300 g/mol. The van der Waals surface area contributed by atoms with Gasteiger partial charge in [0.05, 0.1) is 5.69 Å². The fourth-order valence-electron chi connectivity index (χ4n) is 3.00. The first-order chi connectivity index (χ1) is 10.6. The van der Waals surface area contributed by atoms with Crippen LogP contribution >= 0.6 is 0 Å². The summed E-state index contributed by atoms with van der Waals surface area (Å²) in [4.78, 5) is 6.88. The van der Waals surface area contributed by atoms with Gasteiger partial charge in [-0.2, -0.15) is 0 Å². The smallest absolute Gasteiger partial charge is 0.138 e. The highest BCUT2D eigenvalue weighted by Crippen LogP contribution is 2.22. The zero-order chi connectivity index (χ0) is 15.5. The van der Waals surface area contributed by atoms with Crippen LogP contribution in [0.15, 0.2) is 22.9 Å². The van der Waals surface area contributed by atoms with Crippen LogP contribution in [0.4, 0.5) is 5.82 Å². The zero-order valence-corrected chi connectivity index (χ0v) is 13.6. The van der Waals surface area contributed by atoms with E-state index in [4.69, 9.17) is 4.52 Å². The minimum Gasteiger partial charge on any atom is -0.370 e. The summed E-state index contributed by atoms with van der Waals surface area (Å²) in [5, 5.41) is 7.49. The topological polar surface area (TPSA) is 54.2 Å². The van der Waals surface area contributed by atoms with E-state index in [-0.39, 0.29) is 0 Å². The molecular formula is C17H24N4O. The van der Waals surface area contributed by atoms with Crippen molar-refractivity contribution in [2.24, 2.45) is 5.92 Å². The lowest BCUT2D eigenvalue weighted by atomic mass is 10.1. The third kappa shape index (κ3) is 3.47. The van der Waals surface area contributed by atoms with Crippen LogP contribution in [-0.2, 0) is 6.54 Å². The molecule has 0 unspecified atom stereocenters. The standard InChI is InChI=1S/C17H24N4O/c1-12-4-5-17(18-8-12)19-9-15-6-7-21(10-15)11-16-13(2)20-22-14(16)3/h4-5,8,15H,6-7,9-11H2,1-3H3,(H,18,19)/t15-/m0/s1. The molecule has 1 aliphatic rings. The van der Waals surface area contributed by atoms with Gasteiger partial charge in [-0.1, -0.05) is 11.2 Å². The summed E-state index contributed by atoms with van der Waals surface area (Å²) in [7, 11) is 0. The Balaban J connectivity index is 1.49. The van der Waals surface area contributed by atoms with E-state index in [1.807, 2.05) is 26.1 Å². The summed E-state index contributed by atoms with van der Waals surface area (Å²) >= 11 is 0. The third-order valence-corrected chi connectivity index (χ3v) is 4.42. The van der Waals surface area contributed by atoms with E-state index in [2.05, 4.69) is 33.3 Å².